The van der Waals surface area contributed by atoms with Crippen LogP contribution in [-0.4, -0.2) is 21.1 Å². The van der Waals surface area contributed by atoms with E-state index >= 15 is 0 Å². The molecule has 0 saturated heterocycles. The van der Waals surface area contributed by atoms with Gasteiger partial charge in [0.1, 0.15) is 18.0 Å². The molecule has 1 aromatic heterocycles. The van der Waals surface area contributed by atoms with E-state index in [9.17, 15) is 9.18 Å². The summed E-state index contributed by atoms with van der Waals surface area (Å²) in [7, 11) is 0. The maximum atomic E-state index is 12.8. The van der Waals surface area contributed by atoms with Crippen molar-refractivity contribution >= 4 is 21.8 Å². The molecule has 2 rings (SSSR count). The summed E-state index contributed by atoms with van der Waals surface area (Å²) >= 11 is 3.13. The van der Waals surface area contributed by atoms with Crippen molar-refractivity contribution in [2.75, 3.05) is 0 Å². The Bertz CT molecular complexity index is 529. The highest BCUT2D eigenvalue weighted by atomic mass is 79.9. The number of hydrogen-bond donors (Lipinski definition) is 2. The Hall–Kier alpha value is -1.76. The number of carbonyl (C=O) groups excluding carboxylic acids is 1. The van der Waals surface area contributed by atoms with Crippen LogP contribution in [0.4, 0.5) is 4.39 Å². The molecule has 0 aliphatic heterocycles. The normalized spacial score (nSPS) is 10.2. The zero-order valence-electron chi connectivity index (χ0n) is 8.58. The Morgan fingerprint density at radius 2 is 2.35 bits per heavy atom. The van der Waals surface area contributed by atoms with Gasteiger partial charge in [0.05, 0.1) is 12.1 Å². The van der Waals surface area contributed by atoms with Crippen molar-refractivity contribution in [1.29, 1.82) is 0 Å². The van der Waals surface area contributed by atoms with E-state index in [1.807, 2.05) is 0 Å². The van der Waals surface area contributed by atoms with Crippen molar-refractivity contribution in [3.63, 3.8) is 0 Å². The van der Waals surface area contributed by atoms with E-state index < -0.39 is 5.82 Å². The van der Waals surface area contributed by atoms with Gasteiger partial charge in [-0.25, -0.2) is 9.37 Å². The van der Waals surface area contributed by atoms with Crippen molar-refractivity contribution in [2.45, 2.75) is 6.54 Å². The lowest BCUT2D eigenvalue weighted by atomic mass is 10.2. The largest absolute Gasteiger partial charge is 0.345 e. The number of nitrogens with one attached hydrogen (secondary N) is 2. The first-order valence-corrected chi connectivity index (χ1v) is 5.53. The van der Waals surface area contributed by atoms with Crippen LogP contribution >= 0.6 is 15.9 Å². The summed E-state index contributed by atoms with van der Waals surface area (Å²) in [4.78, 5) is 15.6. The third kappa shape index (κ3) is 2.88. The molecule has 17 heavy (non-hydrogen) atoms. The molecule has 88 valence electrons. The second kappa shape index (κ2) is 5.05. The van der Waals surface area contributed by atoms with Crippen molar-refractivity contribution in [3.8, 4) is 0 Å². The molecule has 2 aromatic rings. The minimum absolute atomic E-state index is 0.239. The Balaban J connectivity index is 2.04. The Kier molecular flexibility index (Phi) is 3.48. The van der Waals surface area contributed by atoms with Gasteiger partial charge in [-0.15, -0.1) is 0 Å². The van der Waals surface area contributed by atoms with Gasteiger partial charge in [0.25, 0.3) is 5.91 Å². The Morgan fingerprint density at radius 3 is 3.00 bits per heavy atom. The van der Waals surface area contributed by atoms with Crippen LogP contribution in [0.2, 0.25) is 0 Å². The Morgan fingerprint density at radius 1 is 1.53 bits per heavy atom. The number of aromatic nitrogens is 3. The number of hydrogen-bond acceptors (Lipinski definition) is 3. The highest BCUT2D eigenvalue weighted by Crippen LogP contribution is 2.17. The third-order valence-corrected chi connectivity index (χ3v) is 2.71. The predicted molar refractivity (Wildman–Crippen MR) is 61.7 cm³/mol. The van der Waals surface area contributed by atoms with Gasteiger partial charge in [-0.2, -0.15) is 5.10 Å². The van der Waals surface area contributed by atoms with Gasteiger partial charge in [0, 0.05) is 4.47 Å². The standard InChI is InChI=1S/C10H8BrFN4O/c11-8-3-6(12)1-2-7(8)10(17)13-4-9-14-5-15-16-9/h1-3,5H,4H2,(H,13,17)(H,14,15,16). The van der Waals surface area contributed by atoms with Crippen LogP contribution in [0.15, 0.2) is 29.0 Å². The van der Waals surface area contributed by atoms with E-state index in [1.54, 1.807) is 0 Å². The SMILES string of the molecule is O=C(NCc1ncn[nH]1)c1ccc(F)cc1Br. The van der Waals surface area contributed by atoms with Crippen molar-refractivity contribution in [1.82, 2.24) is 20.5 Å². The van der Waals surface area contributed by atoms with Gasteiger partial charge in [0.2, 0.25) is 0 Å². The number of halogens is 2. The third-order valence-electron chi connectivity index (χ3n) is 2.06. The quantitative estimate of drug-likeness (QED) is 0.905. The molecule has 0 aliphatic rings. The van der Waals surface area contributed by atoms with Gasteiger partial charge in [-0.1, -0.05) is 0 Å². The number of rotatable bonds is 3. The molecule has 1 heterocycles. The second-order valence-corrected chi connectivity index (χ2v) is 4.09. The van der Waals surface area contributed by atoms with Crippen LogP contribution in [0.25, 0.3) is 0 Å². The molecule has 0 aliphatic carbocycles. The summed E-state index contributed by atoms with van der Waals surface area (Å²) in [5, 5.41) is 8.91. The molecule has 0 bridgehead atoms. The van der Waals surface area contributed by atoms with Gasteiger partial charge < -0.3 is 5.32 Å². The first kappa shape index (κ1) is 11.7. The maximum absolute atomic E-state index is 12.8. The van der Waals surface area contributed by atoms with Gasteiger partial charge in [-0.3, -0.25) is 9.89 Å². The molecule has 0 spiro atoms. The average molecular weight is 299 g/mol. The van der Waals surface area contributed by atoms with Gasteiger partial charge >= 0.3 is 0 Å². The molecule has 2 N–H and O–H groups in total. The fraction of sp³-hybridized carbons (Fsp3) is 0.100. The zero-order chi connectivity index (χ0) is 12.3. The summed E-state index contributed by atoms with van der Waals surface area (Å²) < 4.78 is 13.2. The van der Waals surface area contributed by atoms with Crippen molar-refractivity contribution in [3.05, 3.63) is 46.2 Å². The average Bonchev–Trinajstić information content (AvgIpc) is 2.78. The van der Waals surface area contributed by atoms with Gasteiger partial charge in [0.15, 0.2) is 0 Å². The smallest absolute Gasteiger partial charge is 0.252 e. The molecule has 0 atom stereocenters. The van der Waals surface area contributed by atoms with Crippen LogP contribution in [0.3, 0.4) is 0 Å². The predicted octanol–water partition coefficient (Wildman–Crippen LogP) is 1.64. The molecule has 1 amide bonds. The lowest BCUT2D eigenvalue weighted by Gasteiger charge is -2.05. The van der Waals surface area contributed by atoms with Crippen LogP contribution in [0.5, 0.6) is 0 Å². The molecule has 5 nitrogen and oxygen atoms in total. The fourth-order valence-corrected chi connectivity index (χ4v) is 1.78. The summed E-state index contributed by atoms with van der Waals surface area (Å²) in [5.41, 5.74) is 0.367. The minimum atomic E-state index is -0.399. The molecule has 0 unspecified atom stereocenters. The van der Waals surface area contributed by atoms with Crippen molar-refractivity contribution < 1.29 is 9.18 Å². The lowest BCUT2D eigenvalue weighted by Crippen LogP contribution is -2.23. The van der Waals surface area contributed by atoms with Crippen LogP contribution in [0, 0.1) is 5.82 Å². The topological polar surface area (TPSA) is 70.7 Å². The molecule has 0 radical (unpaired) electrons. The molecule has 1 aromatic carbocycles. The molecule has 7 heteroatoms. The number of nitrogens with zero attached hydrogens (tertiary/aromatic N) is 2. The van der Waals surface area contributed by atoms with Crippen LogP contribution < -0.4 is 5.32 Å². The summed E-state index contributed by atoms with van der Waals surface area (Å²) in [6.07, 6.45) is 1.36. The van der Waals surface area contributed by atoms with E-state index in [4.69, 9.17) is 0 Å². The van der Waals surface area contributed by atoms with E-state index in [2.05, 4.69) is 36.4 Å². The second-order valence-electron chi connectivity index (χ2n) is 3.24. The number of carbonyl (C=O) groups is 1. The van der Waals surface area contributed by atoms with E-state index in [0.717, 1.165) is 0 Å². The molecular formula is C10H8BrFN4O. The van der Waals surface area contributed by atoms with E-state index in [0.29, 0.717) is 15.9 Å². The zero-order valence-corrected chi connectivity index (χ0v) is 10.2. The van der Waals surface area contributed by atoms with Crippen LogP contribution in [-0.2, 0) is 6.54 Å². The Labute approximate surface area is 105 Å². The number of H-pyrrole nitrogens is 1. The highest BCUT2D eigenvalue weighted by Gasteiger charge is 2.10. The summed E-state index contributed by atoms with van der Waals surface area (Å²) in [6, 6.07) is 3.88. The monoisotopic (exact) mass is 298 g/mol. The first-order valence-electron chi connectivity index (χ1n) is 4.74. The minimum Gasteiger partial charge on any atom is -0.345 e. The first-order chi connectivity index (χ1) is 8.16. The molecule has 0 saturated carbocycles. The molecule has 0 fully saturated rings. The summed E-state index contributed by atoms with van der Waals surface area (Å²) in [5.74, 6) is -0.159. The number of aromatic amines is 1. The van der Waals surface area contributed by atoms with Crippen LogP contribution in [0.1, 0.15) is 16.2 Å². The van der Waals surface area contributed by atoms with E-state index in [1.165, 1.54) is 24.5 Å². The number of amides is 1. The molecular weight excluding hydrogens is 291 g/mol. The highest BCUT2D eigenvalue weighted by molar-refractivity contribution is 9.10. The maximum Gasteiger partial charge on any atom is 0.252 e. The van der Waals surface area contributed by atoms with Gasteiger partial charge in [-0.05, 0) is 34.1 Å². The number of benzene rings is 1. The summed E-state index contributed by atoms with van der Waals surface area (Å²) in [6.45, 7) is 0.239. The van der Waals surface area contributed by atoms with E-state index in [-0.39, 0.29) is 12.5 Å². The lowest BCUT2D eigenvalue weighted by molar-refractivity contribution is 0.0949. The van der Waals surface area contributed by atoms with Crippen molar-refractivity contribution in [2.24, 2.45) is 0 Å². The fourth-order valence-electron chi connectivity index (χ4n) is 1.25.